The fourth-order valence-electron chi connectivity index (χ4n) is 5.12. The van der Waals surface area contributed by atoms with Crippen LogP contribution in [0.25, 0.3) is 27.8 Å². The summed E-state index contributed by atoms with van der Waals surface area (Å²) in [5.74, 6) is -0.791. The summed E-state index contributed by atoms with van der Waals surface area (Å²) >= 11 is 0. The molecule has 0 radical (unpaired) electrons. The highest BCUT2D eigenvalue weighted by Crippen LogP contribution is 2.31. The van der Waals surface area contributed by atoms with Gasteiger partial charge in [0.1, 0.15) is 0 Å². The normalized spacial score (nSPS) is 16.6. The van der Waals surface area contributed by atoms with Crippen LogP contribution in [-0.4, -0.2) is 49.9 Å². The second-order valence-electron chi connectivity index (χ2n) is 10.0. The van der Waals surface area contributed by atoms with Crippen molar-refractivity contribution in [1.29, 1.82) is 0 Å². The van der Waals surface area contributed by atoms with E-state index in [1.807, 2.05) is 42.5 Å². The first-order chi connectivity index (χ1) is 19.0. The molecule has 0 spiro atoms. The molecule has 4 aromatic carbocycles. The van der Waals surface area contributed by atoms with Crippen LogP contribution in [0.1, 0.15) is 15.9 Å². The van der Waals surface area contributed by atoms with Crippen LogP contribution in [0.5, 0.6) is 0 Å². The molecule has 6 nitrogen and oxygen atoms in total. The molecule has 2 aliphatic heterocycles. The van der Waals surface area contributed by atoms with Crippen molar-refractivity contribution in [2.24, 2.45) is 0 Å². The molecule has 6 heteroatoms. The average molecular weight is 515 g/mol. The van der Waals surface area contributed by atoms with Gasteiger partial charge in [-0.2, -0.15) is 0 Å². The molecule has 194 valence electrons. The van der Waals surface area contributed by atoms with E-state index in [1.165, 1.54) is 5.69 Å². The van der Waals surface area contributed by atoms with Crippen molar-refractivity contribution in [3.63, 3.8) is 0 Å². The zero-order valence-electron chi connectivity index (χ0n) is 21.9. The van der Waals surface area contributed by atoms with Gasteiger partial charge in [-0.25, -0.2) is 0 Å². The van der Waals surface area contributed by atoms with E-state index in [9.17, 15) is 9.59 Å². The van der Waals surface area contributed by atoms with E-state index in [4.69, 9.17) is 0 Å². The molecule has 0 aliphatic carbocycles. The molecule has 2 aliphatic rings. The molecule has 0 aromatic heterocycles. The first-order valence-corrected chi connectivity index (χ1v) is 13.2. The Hall–Kier alpha value is -4.68. The lowest BCUT2D eigenvalue weighted by atomic mass is 9.91. The van der Waals surface area contributed by atoms with E-state index in [0.717, 1.165) is 54.1 Å². The van der Waals surface area contributed by atoms with Crippen molar-refractivity contribution in [1.82, 2.24) is 10.2 Å². The molecule has 2 N–H and O–H groups in total. The number of imide groups is 1. The molecule has 39 heavy (non-hydrogen) atoms. The SMILES string of the molecule is CN1CCN(c2ccc(N/C=C3\C(=O)NC(=O)c4ccc(-c5ccc(-c6ccccc6)cc5)cc43)cc2)CC1. The number of hydrogen-bond acceptors (Lipinski definition) is 5. The summed E-state index contributed by atoms with van der Waals surface area (Å²) in [6, 6.07) is 32.4. The Morgan fingerprint density at radius 2 is 1.28 bits per heavy atom. The molecule has 0 saturated carbocycles. The van der Waals surface area contributed by atoms with Crippen molar-refractivity contribution < 1.29 is 9.59 Å². The van der Waals surface area contributed by atoms with Gasteiger partial charge < -0.3 is 15.1 Å². The van der Waals surface area contributed by atoms with Gasteiger partial charge in [0.2, 0.25) is 0 Å². The number of amides is 2. The van der Waals surface area contributed by atoms with Crippen LogP contribution in [0, 0.1) is 0 Å². The van der Waals surface area contributed by atoms with Crippen LogP contribution >= 0.6 is 0 Å². The minimum Gasteiger partial charge on any atom is -0.369 e. The number of anilines is 2. The van der Waals surface area contributed by atoms with E-state index in [-0.39, 0.29) is 5.91 Å². The largest absolute Gasteiger partial charge is 0.369 e. The van der Waals surface area contributed by atoms with Crippen molar-refractivity contribution in [3.8, 4) is 22.3 Å². The number of likely N-dealkylation sites (N-methyl/N-ethyl adjacent to an activating group) is 1. The number of carbonyl (C=O) groups is 2. The van der Waals surface area contributed by atoms with E-state index in [1.54, 1.807) is 12.3 Å². The van der Waals surface area contributed by atoms with Crippen molar-refractivity contribution in [3.05, 3.63) is 114 Å². The van der Waals surface area contributed by atoms with E-state index >= 15 is 0 Å². The lowest BCUT2D eigenvalue weighted by Crippen LogP contribution is -2.44. The van der Waals surface area contributed by atoms with Crippen molar-refractivity contribution in [2.75, 3.05) is 43.4 Å². The molecule has 0 unspecified atom stereocenters. The van der Waals surface area contributed by atoms with Gasteiger partial charge in [0.15, 0.2) is 0 Å². The second-order valence-corrected chi connectivity index (χ2v) is 10.0. The molecular formula is C33H30N4O2. The molecule has 4 aromatic rings. The zero-order valence-corrected chi connectivity index (χ0v) is 21.9. The van der Waals surface area contributed by atoms with Gasteiger partial charge in [-0.1, -0.05) is 60.7 Å². The first-order valence-electron chi connectivity index (χ1n) is 13.2. The minimum atomic E-state index is -0.411. The highest BCUT2D eigenvalue weighted by atomic mass is 16.2. The Morgan fingerprint density at radius 3 is 1.97 bits per heavy atom. The highest BCUT2D eigenvalue weighted by Gasteiger charge is 2.27. The van der Waals surface area contributed by atoms with E-state index in [0.29, 0.717) is 16.7 Å². The topological polar surface area (TPSA) is 64.7 Å². The lowest BCUT2D eigenvalue weighted by Gasteiger charge is -2.34. The Labute approximate surface area is 228 Å². The highest BCUT2D eigenvalue weighted by molar-refractivity contribution is 6.31. The summed E-state index contributed by atoms with van der Waals surface area (Å²) in [4.78, 5) is 30.2. The third-order valence-corrected chi connectivity index (χ3v) is 7.47. The molecule has 1 fully saturated rings. The van der Waals surface area contributed by atoms with Crippen LogP contribution in [-0.2, 0) is 4.79 Å². The monoisotopic (exact) mass is 514 g/mol. The third-order valence-electron chi connectivity index (χ3n) is 7.47. The molecule has 2 heterocycles. The van der Waals surface area contributed by atoms with Crippen molar-refractivity contribution in [2.45, 2.75) is 0 Å². The first kappa shape index (κ1) is 24.6. The summed E-state index contributed by atoms with van der Waals surface area (Å²) < 4.78 is 0. The molecule has 0 bridgehead atoms. The summed E-state index contributed by atoms with van der Waals surface area (Å²) in [7, 11) is 2.15. The third kappa shape index (κ3) is 5.19. The van der Waals surface area contributed by atoms with Crippen LogP contribution in [0.3, 0.4) is 0 Å². The fraction of sp³-hybridized carbons (Fsp3) is 0.152. The summed E-state index contributed by atoms with van der Waals surface area (Å²) in [6.45, 7) is 4.13. The van der Waals surface area contributed by atoms with Gasteiger partial charge >= 0.3 is 0 Å². The molecule has 1 saturated heterocycles. The number of hydrogen-bond donors (Lipinski definition) is 2. The fourth-order valence-corrected chi connectivity index (χ4v) is 5.12. The quantitative estimate of drug-likeness (QED) is 0.272. The summed E-state index contributed by atoms with van der Waals surface area (Å²) in [5.41, 5.74) is 7.85. The summed E-state index contributed by atoms with van der Waals surface area (Å²) in [6.07, 6.45) is 1.69. The Bertz CT molecular complexity index is 1540. The number of nitrogens with one attached hydrogen (secondary N) is 2. The van der Waals surface area contributed by atoms with Crippen molar-refractivity contribution >= 4 is 28.8 Å². The van der Waals surface area contributed by atoms with Gasteiger partial charge in [0.25, 0.3) is 11.8 Å². The minimum absolute atomic E-state index is 0.380. The lowest BCUT2D eigenvalue weighted by molar-refractivity contribution is -0.114. The van der Waals surface area contributed by atoms with Gasteiger partial charge in [0, 0.05) is 54.9 Å². The van der Waals surface area contributed by atoms with Crippen LogP contribution in [0.15, 0.2) is 103 Å². The molecule has 2 amide bonds. The predicted octanol–water partition coefficient (Wildman–Crippen LogP) is 5.50. The van der Waals surface area contributed by atoms with Gasteiger partial charge in [-0.15, -0.1) is 0 Å². The number of carbonyl (C=O) groups excluding carboxylic acids is 2. The van der Waals surface area contributed by atoms with Crippen LogP contribution in [0.4, 0.5) is 11.4 Å². The molecular weight excluding hydrogens is 484 g/mol. The maximum absolute atomic E-state index is 12.9. The van der Waals surface area contributed by atoms with Gasteiger partial charge in [-0.05, 0) is 65.7 Å². The predicted molar refractivity (Wildman–Crippen MR) is 158 cm³/mol. The van der Waals surface area contributed by atoms with E-state index < -0.39 is 5.91 Å². The number of nitrogens with zero attached hydrogens (tertiary/aromatic N) is 2. The average Bonchev–Trinajstić information content (AvgIpc) is 2.98. The number of fused-ring (bicyclic) bond motifs is 1. The summed E-state index contributed by atoms with van der Waals surface area (Å²) in [5, 5.41) is 5.73. The Morgan fingerprint density at radius 1 is 0.667 bits per heavy atom. The molecule has 6 rings (SSSR count). The zero-order chi connectivity index (χ0) is 26.8. The van der Waals surface area contributed by atoms with Gasteiger partial charge in [-0.3, -0.25) is 14.9 Å². The van der Waals surface area contributed by atoms with E-state index in [2.05, 4.69) is 76.0 Å². The maximum Gasteiger partial charge on any atom is 0.260 e. The number of rotatable bonds is 5. The van der Waals surface area contributed by atoms with Crippen LogP contribution < -0.4 is 15.5 Å². The van der Waals surface area contributed by atoms with Crippen LogP contribution in [0.2, 0.25) is 0 Å². The molecule has 0 atom stereocenters. The van der Waals surface area contributed by atoms with Gasteiger partial charge in [0.05, 0.1) is 5.57 Å². The second kappa shape index (κ2) is 10.6. The standard InChI is InChI=1S/C33H30N4O2/c1-36-17-19-37(20-18-36)28-14-12-27(13-15-28)34-22-31-30-21-26(11-16-29(30)32(38)35-33(31)39)25-9-7-24(8-10-25)23-5-3-2-4-6-23/h2-16,21-22,34H,17-20H2,1H3,(H,35,38,39)/b31-22-. The Balaban J connectivity index is 1.25. The maximum atomic E-state index is 12.9. The Kier molecular flexibility index (Phi) is 6.69. The smallest absolute Gasteiger partial charge is 0.260 e. The number of benzene rings is 4. The number of piperazine rings is 1.